The van der Waals surface area contributed by atoms with Crippen LogP contribution >= 0.6 is 0 Å². The molecule has 2 saturated carbocycles. The molecule has 16 aromatic rings. The van der Waals surface area contributed by atoms with Crippen LogP contribution in [0.15, 0.2) is 172 Å². The number of anilines is 2. The predicted octanol–water partition coefficient (Wildman–Crippen LogP) is 12.8. The number of aromatic nitrogens is 24. The normalized spacial score (nSPS) is 15.1. The number of rotatable bonds is 12. The van der Waals surface area contributed by atoms with Crippen LogP contribution in [0.1, 0.15) is 102 Å². The number of nitrogens with zero attached hydrogens (tertiary/aromatic N) is 24. The minimum atomic E-state index is 0.326. The highest BCUT2D eigenvalue weighted by Crippen LogP contribution is 2.42. The van der Waals surface area contributed by atoms with E-state index in [0.717, 1.165) is 178 Å². The van der Waals surface area contributed by atoms with E-state index in [0.29, 0.717) is 24.2 Å². The Morgan fingerprint density at radius 1 is 0.360 bits per heavy atom. The van der Waals surface area contributed by atoms with E-state index >= 15 is 0 Å². The molecule has 20 heterocycles. The SMILES string of the molecule is CC(C)n1ccc(-c2nc3n(c2-c2ccc4nccn4c2)CCC3)n1.CC(C)n1ccc(-c2nc3n(c2-c2ccc4nccn4c2)CCN3)n1.c1cn2cc(-c3c(-c4ccn(C5CC5)n4)nc4n3CCC4)ccc2n1.c1cn2cc(-c3c(-c4ccn(C5CC5)n4)nc4n3CCN4)ccc2n1. The zero-order chi connectivity index (χ0) is 66.7. The minimum Gasteiger partial charge on any atom is -0.354 e. The molecule has 22 rings (SSSR count). The molecule has 500 valence electrons. The third-order valence-electron chi connectivity index (χ3n) is 19.8. The lowest BCUT2D eigenvalue weighted by molar-refractivity contribution is 0.534. The Morgan fingerprint density at radius 2 is 0.700 bits per heavy atom. The first kappa shape index (κ1) is 59.3. The summed E-state index contributed by atoms with van der Waals surface area (Å²) in [5.41, 5.74) is 20.6. The highest BCUT2D eigenvalue weighted by atomic mass is 15.3. The van der Waals surface area contributed by atoms with Gasteiger partial charge < -0.3 is 46.5 Å². The highest BCUT2D eigenvalue weighted by molar-refractivity contribution is 5.83. The maximum atomic E-state index is 4.96. The summed E-state index contributed by atoms with van der Waals surface area (Å²) in [6.07, 6.45) is 41.3. The summed E-state index contributed by atoms with van der Waals surface area (Å²) < 4.78 is 25.5. The van der Waals surface area contributed by atoms with E-state index in [1.54, 1.807) is 0 Å². The fourth-order valence-electron chi connectivity index (χ4n) is 14.5. The van der Waals surface area contributed by atoms with E-state index < -0.39 is 0 Å². The van der Waals surface area contributed by atoms with Crippen LogP contribution in [0.5, 0.6) is 0 Å². The second kappa shape index (κ2) is 23.9. The van der Waals surface area contributed by atoms with Gasteiger partial charge in [0, 0.05) is 186 Å². The van der Waals surface area contributed by atoms with Crippen molar-refractivity contribution in [1.29, 1.82) is 0 Å². The molecular formula is C74H74N26. The molecule has 4 aliphatic heterocycles. The molecule has 100 heavy (non-hydrogen) atoms. The van der Waals surface area contributed by atoms with Crippen LogP contribution < -0.4 is 10.6 Å². The fourth-order valence-corrected chi connectivity index (χ4v) is 14.5. The van der Waals surface area contributed by atoms with E-state index in [9.17, 15) is 0 Å². The molecule has 6 aliphatic rings. The first-order chi connectivity index (χ1) is 49.1. The van der Waals surface area contributed by atoms with Crippen molar-refractivity contribution >= 4 is 34.5 Å². The number of hydrogen-bond donors (Lipinski definition) is 2. The largest absolute Gasteiger partial charge is 0.354 e. The second-order valence-electron chi connectivity index (χ2n) is 27.2. The third-order valence-corrected chi connectivity index (χ3v) is 19.8. The van der Waals surface area contributed by atoms with Gasteiger partial charge in [-0.05, 0) is 139 Å². The zero-order valence-corrected chi connectivity index (χ0v) is 56.1. The van der Waals surface area contributed by atoms with Crippen LogP contribution in [0.4, 0.5) is 11.9 Å². The Morgan fingerprint density at radius 3 is 1.05 bits per heavy atom. The first-order valence-electron chi connectivity index (χ1n) is 35.0. The van der Waals surface area contributed by atoms with Crippen LogP contribution in [0.25, 0.3) is 113 Å². The van der Waals surface area contributed by atoms with Crippen LogP contribution in [0.2, 0.25) is 0 Å². The minimum absolute atomic E-state index is 0.326. The lowest BCUT2D eigenvalue weighted by atomic mass is 10.1. The van der Waals surface area contributed by atoms with E-state index in [1.807, 2.05) is 98.3 Å². The van der Waals surface area contributed by atoms with Gasteiger partial charge in [0.05, 0.1) is 34.9 Å². The van der Waals surface area contributed by atoms with Gasteiger partial charge in [-0.15, -0.1) is 0 Å². The molecule has 2 fully saturated rings. The van der Waals surface area contributed by atoms with Gasteiger partial charge in [-0.1, -0.05) is 0 Å². The van der Waals surface area contributed by atoms with Crippen LogP contribution in [-0.2, 0) is 39.0 Å². The molecule has 16 aromatic heterocycles. The van der Waals surface area contributed by atoms with Crippen molar-refractivity contribution in [1.82, 2.24) is 115 Å². The summed E-state index contributed by atoms with van der Waals surface area (Å²) >= 11 is 0. The zero-order valence-electron chi connectivity index (χ0n) is 56.1. The van der Waals surface area contributed by atoms with Gasteiger partial charge in [-0.2, -0.15) is 20.4 Å². The molecule has 0 saturated heterocycles. The lowest BCUT2D eigenvalue weighted by Gasteiger charge is -2.08. The summed E-state index contributed by atoms with van der Waals surface area (Å²) in [6.45, 7) is 14.2. The Hall–Kier alpha value is -12.0. The Bertz CT molecular complexity index is 5040. The molecule has 0 unspecified atom stereocenters. The van der Waals surface area contributed by atoms with E-state index in [-0.39, 0.29) is 0 Å². The van der Waals surface area contributed by atoms with Gasteiger partial charge in [0.25, 0.3) is 0 Å². The van der Waals surface area contributed by atoms with E-state index in [1.165, 1.54) is 49.2 Å². The Balaban J connectivity index is 0.0000000928. The fraction of sp³-hybridized carbons (Fsp3) is 0.297. The summed E-state index contributed by atoms with van der Waals surface area (Å²) in [4.78, 5) is 36.9. The van der Waals surface area contributed by atoms with Crippen LogP contribution in [0, 0.1) is 0 Å². The molecule has 0 amide bonds. The van der Waals surface area contributed by atoms with Crippen molar-refractivity contribution in [2.45, 2.75) is 129 Å². The standard InChI is InChI=1S/C19H18N6.C19H20N6.C18H17N7.C18H19N7/c1-2-17-21-18(15-7-10-25(22-15)14-4-5-14)19(24(17)9-1)13-3-6-16-20-8-11-23(16)12-13;1-13(2)25-10-7-15(22-25)18-19(24-9-3-4-17(24)21-18)14-5-6-16-20-8-11-23(16)12-14;1-4-15-19-6-9-23(15)11-12(1)17-16(21-18-20-7-10-24(17)18)14-5-8-25(22-14)13-2-3-13;1-12(2)25-8-5-14(22-25)16-17(24-10-7-20-18(24)21-16)13-3-4-15-19-6-9-23(15)11-13/h3,6-8,10-12,14H,1-2,4-5,9H2;5-8,10-13H,3-4,9H2,1-2H3;1,4-6,8-9,11,13H,2-3,7,10H2,(H,20,21);3-6,8-9,11-12H,7,10H2,1-2H3,(H,20,21). The number of imidazole rings is 8. The Labute approximate surface area is 574 Å². The van der Waals surface area contributed by atoms with Gasteiger partial charge in [0.1, 0.15) is 79.8 Å². The topological polar surface area (TPSA) is 236 Å². The molecule has 26 heteroatoms. The average Bonchev–Trinajstić information content (AvgIpc) is 1.62. The molecular weight excluding hydrogens is 1250 g/mol. The van der Waals surface area contributed by atoms with Gasteiger partial charge in [0.15, 0.2) is 0 Å². The van der Waals surface area contributed by atoms with Gasteiger partial charge in [0.2, 0.25) is 11.9 Å². The predicted molar refractivity (Wildman–Crippen MR) is 381 cm³/mol. The summed E-state index contributed by atoms with van der Waals surface area (Å²) in [5, 5.41) is 25.8. The Kier molecular flexibility index (Phi) is 14.2. The molecule has 0 spiro atoms. The van der Waals surface area contributed by atoms with E-state index in [2.05, 4.69) is 186 Å². The molecule has 0 radical (unpaired) electrons. The third kappa shape index (κ3) is 10.6. The molecule has 2 aliphatic carbocycles. The van der Waals surface area contributed by atoms with Crippen molar-refractivity contribution in [3.63, 3.8) is 0 Å². The summed E-state index contributed by atoms with van der Waals surface area (Å²) in [7, 11) is 0. The first-order valence-corrected chi connectivity index (χ1v) is 35.0. The highest BCUT2D eigenvalue weighted by Gasteiger charge is 2.32. The maximum absolute atomic E-state index is 4.96. The average molecular weight is 1330 g/mol. The van der Waals surface area contributed by atoms with Crippen LogP contribution in [-0.4, -0.2) is 128 Å². The quantitative estimate of drug-likeness (QED) is 0.116. The van der Waals surface area contributed by atoms with E-state index in [4.69, 9.17) is 40.3 Å². The maximum Gasteiger partial charge on any atom is 0.204 e. The lowest BCUT2D eigenvalue weighted by Crippen LogP contribution is -2.02. The number of nitrogens with one attached hydrogen (secondary N) is 2. The number of fused-ring (bicyclic) bond motifs is 8. The molecule has 26 nitrogen and oxygen atoms in total. The number of hydrogen-bond acceptors (Lipinski definition) is 14. The molecule has 0 atom stereocenters. The molecule has 0 bridgehead atoms. The van der Waals surface area contributed by atoms with Crippen molar-refractivity contribution in [3.8, 4) is 90.6 Å². The van der Waals surface area contributed by atoms with Crippen molar-refractivity contribution in [3.05, 3.63) is 184 Å². The van der Waals surface area contributed by atoms with Crippen molar-refractivity contribution in [2.75, 3.05) is 23.7 Å². The van der Waals surface area contributed by atoms with Crippen LogP contribution in [0.3, 0.4) is 0 Å². The summed E-state index contributed by atoms with van der Waals surface area (Å²) in [6, 6.07) is 26.8. The van der Waals surface area contributed by atoms with Crippen molar-refractivity contribution in [2.24, 2.45) is 0 Å². The smallest absolute Gasteiger partial charge is 0.204 e. The molecule has 2 N–H and O–H groups in total. The molecule has 0 aromatic carbocycles. The van der Waals surface area contributed by atoms with Gasteiger partial charge in [-0.25, -0.2) is 39.9 Å². The second-order valence-corrected chi connectivity index (χ2v) is 27.2. The summed E-state index contributed by atoms with van der Waals surface area (Å²) in [5.74, 6) is 4.18. The van der Waals surface area contributed by atoms with Crippen molar-refractivity contribution < 1.29 is 0 Å². The number of pyridine rings is 4. The monoisotopic (exact) mass is 1330 g/mol. The van der Waals surface area contributed by atoms with Gasteiger partial charge in [-0.3, -0.25) is 18.7 Å². The van der Waals surface area contributed by atoms with Gasteiger partial charge >= 0.3 is 0 Å². The number of aryl methyl sites for hydroxylation is 2.